The number of nitrogens with one attached hydrogen (secondary N) is 1. The highest BCUT2D eigenvalue weighted by Gasteiger charge is 2.31. The maximum Gasteiger partial charge on any atom is 0.267 e. The number of carbonyl (C=O) groups is 2. The molecule has 1 N–H and O–H groups in total. The zero-order valence-electron chi connectivity index (χ0n) is 15.8. The maximum absolute atomic E-state index is 12.8. The number of nitrogens with zero attached hydrogens (tertiary/aromatic N) is 1. The monoisotopic (exact) mass is 478 g/mol. The number of hydrogen-bond donors (Lipinski definition) is 1. The number of amides is 2. The summed E-state index contributed by atoms with van der Waals surface area (Å²) >= 11 is 18.3. The summed E-state index contributed by atoms with van der Waals surface area (Å²) in [5.74, 6) is 0.277. The minimum atomic E-state index is -0.580. The van der Waals surface area contributed by atoms with Crippen LogP contribution < -0.4 is 15.0 Å². The van der Waals surface area contributed by atoms with E-state index in [1.807, 2.05) is 24.3 Å². The van der Waals surface area contributed by atoms with Gasteiger partial charge in [-0.05, 0) is 54.8 Å². The predicted molar refractivity (Wildman–Crippen MR) is 125 cm³/mol. The largest absolute Gasteiger partial charge is 0.479 e. The Morgan fingerprint density at radius 3 is 2.70 bits per heavy atom. The van der Waals surface area contributed by atoms with Gasteiger partial charge < -0.3 is 15.0 Å². The standard InChI is InChI=1S/C21H16Cl2N2O3S2/c1-11-20(27)25(7-6-12-2-4-14(22)15(23)8-12)16-9-13(3-5-17(16)28-11)10-18-19(26)24-21(29)30-18/h2-5,8-11H,6-7H2,1H3,(H,24,26,29). The van der Waals surface area contributed by atoms with Gasteiger partial charge in [0, 0.05) is 6.54 Å². The Morgan fingerprint density at radius 2 is 2.00 bits per heavy atom. The van der Waals surface area contributed by atoms with Crippen LogP contribution in [0.1, 0.15) is 18.1 Å². The van der Waals surface area contributed by atoms with E-state index in [0.717, 1.165) is 11.1 Å². The van der Waals surface area contributed by atoms with Crippen molar-refractivity contribution in [1.82, 2.24) is 5.32 Å². The van der Waals surface area contributed by atoms with E-state index in [1.165, 1.54) is 11.8 Å². The van der Waals surface area contributed by atoms with Crippen LogP contribution in [0.3, 0.4) is 0 Å². The molecule has 2 amide bonds. The van der Waals surface area contributed by atoms with Crippen LogP contribution in [-0.4, -0.2) is 28.8 Å². The van der Waals surface area contributed by atoms with Crippen molar-refractivity contribution in [2.45, 2.75) is 19.4 Å². The predicted octanol–water partition coefficient (Wildman–Crippen LogP) is 4.84. The van der Waals surface area contributed by atoms with Gasteiger partial charge in [-0.15, -0.1) is 0 Å². The van der Waals surface area contributed by atoms with Crippen molar-refractivity contribution in [2.75, 3.05) is 11.4 Å². The summed E-state index contributed by atoms with van der Waals surface area (Å²) in [6, 6.07) is 10.9. The first-order valence-electron chi connectivity index (χ1n) is 9.12. The van der Waals surface area contributed by atoms with Crippen molar-refractivity contribution in [3.05, 3.63) is 62.5 Å². The highest BCUT2D eigenvalue weighted by Crippen LogP contribution is 2.36. The highest BCUT2D eigenvalue weighted by atomic mass is 35.5. The van der Waals surface area contributed by atoms with Crippen molar-refractivity contribution in [2.24, 2.45) is 0 Å². The van der Waals surface area contributed by atoms with E-state index in [9.17, 15) is 9.59 Å². The van der Waals surface area contributed by atoms with E-state index in [2.05, 4.69) is 5.32 Å². The Hall–Kier alpha value is -2.06. The average molecular weight is 479 g/mol. The molecule has 0 aliphatic carbocycles. The molecule has 5 nitrogen and oxygen atoms in total. The van der Waals surface area contributed by atoms with Gasteiger partial charge in [0.25, 0.3) is 11.8 Å². The van der Waals surface area contributed by atoms with Crippen molar-refractivity contribution in [3.63, 3.8) is 0 Å². The fourth-order valence-corrected chi connectivity index (χ4v) is 4.62. The molecule has 2 aromatic rings. The van der Waals surface area contributed by atoms with Gasteiger partial charge in [-0.1, -0.05) is 59.3 Å². The number of halogens is 2. The molecule has 0 radical (unpaired) electrons. The summed E-state index contributed by atoms with van der Waals surface area (Å²) < 4.78 is 6.20. The van der Waals surface area contributed by atoms with Crippen LogP contribution in [0.25, 0.3) is 6.08 Å². The van der Waals surface area contributed by atoms with E-state index in [4.69, 9.17) is 40.2 Å². The van der Waals surface area contributed by atoms with Crippen molar-refractivity contribution >= 4 is 75.1 Å². The molecule has 2 aliphatic heterocycles. The molecule has 2 aliphatic rings. The number of thioether (sulfide) groups is 1. The van der Waals surface area contributed by atoms with Crippen molar-refractivity contribution in [1.29, 1.82) is 0 Å². The molecule has 0 bridgehead atoms. The second-order valence-electron chi connectivity index (χ2n) is 6.83. The van der Waals surface area contributed by atoms with E-state index in [0.29, 0.717) is 43.7 Å². The topological polar surface area (TPSA) is 58.6 Å². The summed E-state index contributed by atoms with van der Waals surface area (Å²) in [7, 11) is 0. The summed E-state index contributed by atoms with van der Waals surface area (Å²) in [6.07, 6.45) is 1.77. The molecule has 2 aromatic carbocycles. The van der Waals surface area contributed by atoms with Crippen LogP contribution in [0.5, 0.6) is 5.75 Å². The first-order valence-corrected chi connectivity index (χ1v) is 11.1. The fraction of sp³-hybridized carbons (Fsp3) is 0.190. The summed E-state index contributed by atoms with van der Waals surface area (Å²) in [6.45, 7) is 2.19. The maximum atomic E-state index is 12.8. The van der Waals surface area contributed by atoms with E-state index in [1.54, 1.807) is 30.0 Å². The van der Waals surface area contributed by atoms with E-state index < -0.39 is 6.10 Å². The molecule has 1 atom stereocenters. The smallest absolute Gasteiger partial charge is 0.267 e. The number of benzene rings is 2. The second kappa shape index (κ2) is 8.59. The normalized spacial score (nSPS) is 19.7. The van der Waals surface area contributed by atoms with Crippen LogP contribution in [0.4, 0.5) is 5.69 Å². The van der Waals surface area contributed by atoms with Crippen LogP contribution in [0.15, 0.2) is 41.3 Å². The van der Waals surface area contributed by atoms with Crippen LogP contribution in [-0.2, 0) is 16.0 Å². The number of fused-ring (bicyclic) bond motifs is 1. The van der Waals surface area contributed by atoms with Gasteiger partial charge in [0.1, 0.15) is 10.1 Å². The number of rotatable bonds is 4. The van der Waals surface area contributed by atoms with Crippen molar-refractivity contribution < 1.29 is 14.3 Å². The Bertz CT molecular complexity index is 1100. The lowest BCUT2D eigenvalue weighted by atomic mass is 10.1. The fourth-order valence-electron chi connectivity index (χ4n) is 3.25. The second-order valence-corrected chi connectivity index (χ2v) is 9.36. The molecule has 30 heavy (non-hydrogen) atoms. The van der Waals surface area contributed by atoms with E-state index in [-0.39, 0.29) is 11.8 Å². The number of hydrogen-bond acceptors (Lipinski definition) is 5. The third-order valence-corrected chi connectivity index (χ3v) is 6.64. The summed E-state index contributed by atoms with van der Waals surface area (Å²) in [4.78, 5) is 27.0. The number of ether oxygens (including phenoxy) is 1. The molecule has 0 spiro atoms. The van der Waals surface area contributed by atoms with Crippen LogP contribution in [0.2, 0.25) is 10.0 Å². The quantitative estimate of drug-likeness (QED) is 0.503. The molecule has 154 valence electrons. The highest BCUT2D eigenvalue weighted by molar-refractivity contribution is 8.26. The molecule has 4 rings (SSSR count). The van der Waals surface area contributed by atoms with Gasteiger partial charge >= 0.3 is 0 Å². The van der Waals surface area contributed by atoms with Gasteiger partial charge in [-0.2, -0.15) is 0 Å². The first-order chi connectivity index (χ1) is 14.3. The Morgan fingerprint density at radius 1 is 1.20 bits per heavy atom. The minimum Gasteiger partial charge on any atom is -0.479 e. The number of thiocarbonyl (C=S) groups is 1. The third-order valence-electron chi connectivity index (χ3n) is 4.74. The van der Waals surface area contributed by atoms with Crippen LogP contribution in [0, 0.1) is 0 Å². The Labute approximate surface area is 193 Å². The lowest BCUT2D eigenvalue weighted by molar-refractivity contribution is -0.125. The van der Waals surface area contributed by atoms with Gasteiger partial charge in [-0.3, -0.25) is 9.59 Å². The first kappa shape index (κ1) is 21.2. The van der Waals surface area contributed by atoms with Crippen LogP contribution >= 0.6 is 47.2 Å². The summed E-state index contributed by atoms with van der Waals surface area (Å²) in [5, 5.41) is 3.57. The minimum absolute atomic E-state index is 0.124. The number of anilines is 1. The molecular formula is C21H16Cl2N2O3S2. The van der Waals surface area contributed by atoms with Gasteiger partial charge in [-0.25, -0.2) is 0 Å². The SMILES string of the molecule is CC1Oc2ccc(C=C3SC(=S)NC3=O)cc2N(CCc2ccc(Cl)c(Cl)c2)C1=O. The molecule has 0 saturated carbocycles. The summed E-state index contributed by atoms with van der Waals surface area (Å²) in [5.41, 5.74) is 2.42. The van der Waals surface area contributed by atoms with Crippen molar-refractivity contribution in [3.8, 4) is 5.75 Å². The molecule has 2 heterocycles. The molecule has 1 saturated heterocycles. The zero-order chi connectivity index (χ0) is 21.4. The average Bonchev–Trinajstić information content (AvgIpc) is 3.02. The zero-order valence-corrected chi connectivity index (χ0v) is 18.9. The van der Waals surface area contributed by atoms with Gasteiger partial charge in [0.05, 0.1) is 20.6 Å². The lowest BCUT2D eigenvalue weighted by Crippen LogP contribution is -2.45. The number of carbonyl (C=O) groups excluding carboxylic acids is 2. The molecule has 1 unspecified atom stereocenters. The molecule has 0 aromatic heterocycles. The van der Waals surface area contributed by atoms with Gasteiger partial charge in [0.2, 0.25) is 0 Å². The van der Waals surface area contributed by atoms with Gasteiger partial charge in [0.15, 0.2) is 6.10 Å². The lowest BCUT2D eigenvalue weighted by Gasteiger charge is -2.33. The molecule has 1 fully saturated rings. The molecular weight excluding hydrogens is 463 g/mol. The third kappa shape index (κ3) is 4.34. The van der Waals surface area contributed by atoms with E-state index >= 15 is 0 Å². The Kier molecular flexibility index (Phi) is 6.06. The Balaban J connectivity index is 1.62. The molecule has 9 heteroatoms.